The van der Waals surface area contributed by atoms with Gasteiger partial charge in [-0.25, -0.2) is 4.79 Å². The summed E-state index contributed by atoms with van der Waals surface area (Å²) in [4.78, 5) is 70.0. The predicted molar refractivity (Wildman–Crippen MR) is 99.4 cm³/mol. The second-order valence-electron chi connectivity index (χ2n) is 6.74. The van der Waals surface area contributed by atoms with Crippen molar-refractivity contribution in [2.24, 2.45) is 17.4 Å². The number of nitrogens with two attached hydrogens (primary N) is 2. The Bertz CT molecular complexity index is 682. The molecule has 0 aromatic rings. The van der Waals surface area contributed by atoms with Crippen LogP contribution >= 0.6 is 0 Å². The zero-order valence-corrected chi connectivity index (χ0v) is 16.5. The molecule has 0 saturated carbocycles. The molecule has 14 heteroatoms. The highest BCUT2D eigenvalue weighted by atomic mass is 16.4. The van der Waals surface area contributed by atoms with E-state index in [0.717, 1.165) is 0 Å². The molecule has 0 aliphatic heterocycles. The minimum atomic E-state index is -1.77. The molecule has 0 heterocycles. The van der Waals surface area contributed by atoms with Crippen LogP contribution in [-0.2, 0) is 28.8 Å². The van der Waals surface area contributed by atoms with Crippen LogP contribution in [0, 0.1) is 5.92 Å². The molecule has 0 bridgehead atoms. The molecule has 0 fully saturated rings. The fourth-order valence-corrected chi connectivity index (χ4v) is 2.10. The molecule has 170 valence electrons. The number of aliphatic hydroxyl groups is 1. The summed E-state index contributed by atoms with van der Waals surface area (Å²) in [6.07, 6.45) is -1.61. The van der Waals surface area contributed by atoms with Crippen LogP contribution in [0.3, 0.4) is 0 Å². The van der Waals surface area contributed by atoms with Crippen molar-refractivity contribution in [3.05, 3.63) is 0 Å². The van der Waals surface area contributed by atoms with Crippen molar-refractivity contribution in [3.8, 4) is 0 Å². The fraction of sp³-hybridized carbons (Fsp3) is 0.625. The number of carbonyl (C=O) groups is 6. The van der Waals surface area contributed by atoms with Crippen LogP contribution in [0.2, 0.25) is 0 Å². The second kappa shape index (κ2) is 12.3. The topological polar surface area (TPSA) is 251 Å². The molecular weight excluding hydrogens is 406 g/mol. The average molecular weight is 433 g/mol. The molecule has 4 amide bonds. The van der Waals surface area contributed by atoms with Crippen molar-refractivity contribution in [3.63, 3.8) is 0 Å². The minimum absolute atomic E-state index is 0.306. The number of nitrogens with one attached hydrogen (secondary N) is 3. The Morgan fingerprint density at radius 3 is 1.60 bits per heavy atom. The van der Waals surface area contributed by atoms with E-state index < -0.39 is 79.2 Å². The van der Waals surface area contributed by atoms with Gasteiger partial charge in [0, 0.05) is 0 Å². The first-order valence-corrected chi connectivity index (χ1v) is 8.80. The molecule has 4 unspecified atom stereocenters. The van der Waals surface area contributed by atoms with Crippen molar-refractivity contribution >= 4 is 35.6 Å². The van der Waals surface area contributed by atoms with Crippen LogP contribution < -0.4 is 27.4 Å². The largest absolute Gasteiger partial charge is 0.481 e. The molecule has 4 atom stereocenters. The highest BCUT2D eigenvalue weighted by Crippen LogP contribution is 2.02. The maximum atomic E-state index is 12.5. The fourth-order valence-electron chi connectivity index (χ4n) is 2.10. The third-order valence-corrected chi connectivity index (χ3v) is 3.87. The van der Waals surface area contributed by atoms with Gasteiger partial charge in [-0.3, -0.25) is 24.0 Å². The molecule has 0 aliphatic carbocycles. The van der Waals surface area contributed by atoms with Gasteiger partial charge in [0.25, 0.3) is 0 Å². The monoisotopic (exact) mass is 433 g/mol. The van der Waals surface area contributed by atoms with Gasteiger partial charge in [0.1, 0.15) is 18.1 Å². The third kappa shape index (κ3) is 9.29. The van der Waals surface area contributed by atoms with E-state index in [1.807, 2.05) is 10.6 Å². The van der Waals surface area contributed by atoms with E-state index in [1.165, 1.54) is 0 Å². The second-order valence-corrected chi connectivity index (χ2v) is 6.74. The standard InChI is InChI=1S/C16H27N5O9/c1-6(2)12(18)15(28)20-7(3-10(17)23)13(26)19-8(4-11(24)25)14(27)21-9(5-22)16(29)30/h6-9,12,22H,3-5,18H2,1-2H3,(H2,17,23)(H,19,26)(H,20,28)(H,21,27)(H,24,25)(H,29,30). The summed E-state index contributed by atoms with van der Waals surface area (Å²) in [6.45, 7) is 2.30. The molecule has 0 aliphatic rings. The number of amides is 4. The van der Waals surface area contributed by atoms with Crippen molar-refractivity contribution in [1.82, 2.24) is 16.0 Å². The van der Waals surface area contributed by atoms with Gasteiger partial charge >= 0.3 is 11.9 Å². The van der Waals surface area contributed by atoms with E-state index >= 15 is 0 Å². The zero-order valence-electron chi connectivity index (χ0n) is 16.5. The smallest absolute Gasteiger partial charge is 0.328 e. The molecule has 30 heavy (non-hydrogen) atoms. The Balaban J connectivity index is 5.48. The number of carbonyl (C=O) groups excluding carboxylic acids is 4. The van der Waals surface area contributed by atoms with Gasteiger partial charge in [0.15, 0.2) is 0 Å². The summed E-state index contributed by atoms with van der Waals surface area (Å²) in [5.41, 5.74) is 10.7. The van der Waals surface area contributed by atoms with Crippen LogP contribution in [-0.4, -0.2) is 81.7 Å². The quantitative estimate of drug-likeness (QED) is 0.139. The van der Waals surface area contributed by atoms with Gasteiger partial charge in [-0.2, -0.15) is 0 Å². The molecule has 14 nitrogen and oxygen atoms in total. The summed E-state index contributed by atoms with van der Waals surface area (Å²) in [5.74, 6) is -7.49. The number of carboxylic acids is 2. The number of hydrogen-bond donors (Lipinski definition) is 8. The summed E-state index contributed by atoms with van der Waals surface area (Å²) in [7, 11) is 0. The van der Waals surface area contributed by atoms with E-state index in [2.05, 4.69) is 5.32 Å². The predicted octanol–water partition coefficient (Wildman–Crippen LogP) is -4.15. The number of aliphatic hydroxyl groups excluding tert-OH is 1. The molecule has 0 aromatic heterocycles. The molecule has 0 saturated heterocycles. The van der Waals surface area contributed by atoms with E-state index in [4.69, 9.17) is 26.8 Å². The number of carboxylic acid groups (broad SMARTS) is 2. The van der Waals surface area contributed by atoms with Crippen LogP contribution in [0.5, 0.6) is 0 Å². The first-order chi connectivity index (χ1) is 13.8. The first kappa shape index (κ1) is 26.7. The van der Waals surface area contributed by atoms with Crippen molar-refractivity contribution < 1.29 is 44.1 Å². The van der Waals surface area contributed by atoms with Crippen LogP contribution in [0.4, 0.5) is 0 Å². The Kier molecular flexibility index (Phi) is 11.0. The Hall–Kier alpha value is -3.26. The Labute approximate surface area is 171 Å². The Morgan fingerprint density at radius 2 is 1.23 bits per heavy atom. The lowest BCUT2D eigenvalue weighted by Crippen LogP contribution is -2.58. The van der Waals surface area contributed by atoms with Gasteiger partial charge in [-0.1, -0.05) is 13.8 Å². The summed E-state index contributed by atoms with van der Waals surface area (Å²) < 4.78 is 0. The van der Waals surface area contributed by atoms with Crippen LogP contribution in [0.25, 0.3) is 0 Å². The highest BCUT2D eigenvalue weighted by molar-refractivity contribution is 5.97. The molecule has 0 aromatic carbocycles. The first-order valence-electron chi connectivity index (χ1n) is 8.80. The third-order valence-electron chi connectivity index (χ3n) is 3.87. The lowest BCUT2D eigenvalue weighted by atomic mass is 10.0. The van der Waals surface area contributed by atoms with Crippen LogP contribution in [0.15, 0.2) is 0 Å². The maximum Gasteiger partial charge on any atom is 0.328 e. The lowest BCUT2D eigenvalue weighted by molar-refractivity contribution is -0.144. The zero-order chi connectivity index (χ0) is 23.6. The minimum Gasteiger partial charge on any atom is -0.481 e. The molecule has 0 rings (SSSR count). The highest BCUT2D eigenvalue weighted by Gasteiger charge is 2.32. The number of aliphatic carboxylic acids is 2. The molecule has 0 spiro atoms. The van der Waals surface area contributed by atoms with E-state index in [0.29, 0.717) is 0 Å². The maximum absolute atomic E-state index is 12.5. The SMILES string of the molecule is CC(C)C(N)C(=O)NC(CC(N)=O)C(=O)NC(CC(=O)O)C(=O)NC(CO)C(=O)O. The van der Waals surface area contributed by atoms with Gasteiger partial charge in [0.05, 0.1) is 25.5 Å². The van der Waals surface area contributed by atoms with Gasteiger partial charge in [-0.15, -0.1) is 0 Å². The Morgan fingerprint density at radius 1 is 0.800 bits per heavy atom. The average Bonchev–Trinajstić information content (AvgIpc) is 2.62. The molecular formula is C16H27N5O9. The van der Waals surface area contributed by atoms with Crippen molar-refractivity contribution in [2.75, 3.05) is 6.61 Å². The lowest BCUT2D eigenvalue weighted by Gasteiger charge is -2.24. The summed E-state index contributed by atoms with van der Waals surface area (Å²) in [6, 6.07) is -6.09. The van der Waals surface area contributed by atoms with Crippen LogP contribution in [0.1, 0.15) is 26.7 Å². The van der Waals surface area contributed by atoms with Crippen molar-refractivity contribution in [1.29, 1.82) is 0 Å². The van der Waals surface area contributed by atoms with Crippen molar-refractivity contribution in [2.45, 2.75) is 50.9 Å². The molecule has 10 N–H and O–H groups in total. The number of rotatable bonds is 13. The molecule has 0 radical (unpaired) electrons. The normalized spacial score (nSPS) is 14.7. The van der Waals surface area contributed by atoms with Gasteiger partial charge in [-0.05, 0) is 5.92 Å². The van der Waals surface area contributed by atoms with Gasteiger partial charge in [0.2, 0.25) is 23.6 Å². The number of hydrogen-bond acceptors (Lipinski definition) is 8. The van der Waals surface area contributed by atoms with E-state index in [9.17, 15) is 28.8 Å². The summed E-state index contributed by atoms with van der Waals surface area (Å²) >= 11 is 0. The summed E-state index contributed by atoms with van der Waals surface area (Å²) in [5, 5.41) is 32.9. The van der Waals surface area contributed by atoms with Gasteiger partial charge < -0.3 is 42.7 Å². The van der Waals surface area contributed by atoms with E-state index in [-0.39, 0.29) is 5.92 Å². The number of primary amides is 1. The van der Waals surface area contributed by atoms with E-state index in [1.54, 1.807) is 13.8 Å².